The fraction of sp³-hybridized carbons (Fsp3) is 0.455. The van der Waals surface area contributed by atoms with Crippen molar-refractivity contribution in [2.45, 2.75) is 13.8 Å². The van der Waals surface area contributed by atoms with E-state index >= 15 is 0 Å². The highest BCUT2D eigenvalue weighted by Gasteiger charge is 2.12. The van der Waals surface area contributed by atoms with E-state index in [9.17, 15) is 0 Å². The number of hydrogen-bond acceptors (Lipinski definition) is 7. The third-order valence-electron chi connectivity index (χ3n) is 5.47. The van der Waals surface area contributed by atoms with Crippen molar-refractivity contribution in [2.24, 2.45) is 0 Å². The smallest absolute Gasteiger partial charge is 0.320 e. The second-order valence-electron chi connectivity index (χ2n) is 7.85. The van der Waals surface area contributed by atoms with Crippen LogP contribution in [0.2, 0.25) is 0 Å². The van der Waals surface area contributed by atoms with E-state index in [4.69, 9.17) is 9.47 Å². The highest BCUT2D eigenvalue weighted by atomic mass is 16.5. The fourth-order valence-corrected chi connectivity index (χ4v) is 3.55. The van der Waals surface area contributed by atoms with Gasteiger partial charge in [-0.3, -0.25) is 4.90 Å². The van der Waals surface area contributed by atoms with Crippen molar-refractivity contribution in [2.75, 3.05) is 63.8 Å². The van der Waals surface area contributed by atoms with Crippen molar-refractivity contribution in [3.63, 3.8) is 0 Å². The van der Waals surface area contributed by atoms with Gasteiger partial charge < -0.3 is 24.7 Å². The summed E-state index contributed by atoms with van der Waals surface area (Å²) in [4.78, 5) is 16.8. The van der Waals surface area contributed by atoms with Crippen LogP contribution in [0.25, 0.3) is 10.9 Å². The highest BCUT2D eigenvalue weighted by molar-refractivity contribution is 5.88. The number of ether oxygens (including phenoxy) is 2. The van der Waals surface area contributed by atoms with Gasteiger partial charge in [-0.2, -0.15) is 9.97 Å². The van der Waals surface area contributed by atoms with E-state index in [2.05, 4.69) is 51.1 Å². The predicted molar refractivity (Wildman–Crippen MR) is 120 cm³/mol. The number of nitrogens with zero attached hydrogens (tertiary/aromatic N) is 4. The molecule has 1 aromatic carbocycles. The van der Waals surface area contributed by atoms with Crippen molar-refractivity contribution >= 4 is 28.2 Å². The third-order valence-corrected chi connectivity index (χ3v) is 5.47. The minimum atomic E-state index is 0.381. The van der Waals surface area contributed by atoms with Crippen molar-refractivity contribution in [1.82, 2.24) is 19.9 Å². The van der Waals surface area contributed by atoms with E-state index in [1.807, 2.05) is 31.1 Å². The van der Waals surface area contributed by atoms with Gasteiger partial charge in [0.2, 0.25) is 0 Å². The Kier molecular flexibility index (Phi) is 6.06. The van der Waals surface area contributed by atoms with Gasteiger partial charge in [0.15, 0.2) is 0 Å². The van der Waals surface area contributed by atoms with Crippen molar-refractivity contribution < 1.29 is 9.47 Å². The molecule has 0 aliphatic carbocycles. The zero-order chi connectivity index (χ0) is 21.1. The normalized spacial score (nSPS) is 14.8. The molecule has 0 spiro atoms. The van der Waals surface area contributed by atoms with Gasteiger partial charge in [0.05, 0.1) is 13.2 Å². The number of H-pyrrole nitrogens is 1. The van der Waals surface area contributed by atoms with Crippen LogP contribution in [0.3, 0.4) is 0 Å². The van der Waals surface area contributed by atoms with Crippen LogP contribution >= 0.6 is 0 Å². The zero-order valence-electron chi connectivity index (χ0n) is 18.2. The van der Waals surface area contributed by atoms with Crippen molar-refractivity contribution in [3.8, 4) is 6.01 Å². The number of morpholine rings is 1. The molecule has 160 valence electrons. The van der Waals surface area contributed by atoms with Gasteiger partial charge in [-0.1, -0.05) is 0 Å². The van der Waals surface area contributed by atoms with Gasteiger partial charge >= 0.3 is 6.01 Å². The van der Waals surface area contributed by atoms with Gasteiger partial charge in [-0.05, 0) is 37.6 Å². The predicted octanol–water partition coefficient (Wildman–Crippen LogP) is 3.10. The molecule has 1 saturated heterocycles. The summed E-state index contributed by atoms with van der Waals surface area (Å²) in [5.41, 5.74) is 4.57. The van der Waals surface area contributed by atoms with E-state index in [0.29, 0.717) is 18.4 Å². The topological polar surface area (TPSA) is 78.5 Å². The zero-order valence-corrected chi connectivity index (χ0v) is 18.2. The summed E-state index contributed by atoms with van der Waals surface area (Å²) in [7, 11) is 3.92. The molecular weight excluding hydrogens is 380 g/mol. The van der Waals surface area contributed by atoms with E-state index in [0.717, 1.165) is 49.9 Å². The molecule has 0 amide bonds. The molecule has 0 saturated carbocycles. The van der Waals surface area contributed by atoms with Gasteiger partial charge in [-0.15, -0.1) is 0 Å². The lowest BCUT2D eigenvalue weighted by atomic mass is 10.1. The molecule has 8 nitrogen and oxygen atoms in total. The first-order valence-corrected chi connectivity index (χ1v) is 10.3. The number of aryl methyl sites for hydroxylation is 2. The Morgan fingerprint density at radius 1 is 1.17 bits per heavy atom. The second-order valence-corrected chi connectivity index (χ2v) is 7.85. The molecule has 8 heteroatoms. The van der Waals surface area contributed by atoms with Gasteiger partial charge in [-0.25, -0.2) is 0 Å². The lowest BCUT2D eigenvalue weighted by Gasteiger charge is -2.26. The average molecular weight is 411 g/mol. The lowest BCUT2D eigenvalue weighted by Crippen LogP contribution is -2.38. The van der Waals surface area contributed by atoms with Gasteiger partial charge in [0, 0.05) is 62.1 Å². The number of nitrogens with one attached hydrogen (secondary N) is 2. The number of fused-ring (bicyclic) bond motifs is 1. The number of rotatable bonds is 7. The molecule has 3 heterocycles. The molecule has 0 atom stereocenters. The Morgan fingerprint density at radius 2 is 1.97 bits per heavy atom. The molecule has 2 aromatic heterocycles. The molecule has 1 aliphatic heterocycles. The maximum absolute atomic E-state index is 5.89. The van der Waals surface area contributed by atoms with Crippen LogP contribution in [0.15, 0.2) is 24.3 Å². The summed E-state index contributed by atoms with van der Waals surface area (Å²) in [6.45, 7) is 9.05. The number of hydrogen-bond donors (Lipinski definition) is 2. The third kappa shape index (κ3) is 4.66. The fourth-order valence-electron chi connectivity index (χ4n) is 3.55. The number of aromatic nitrogens is 3. The Bertz CT molecular complexity index is 1010. The average Bonchev–Trinajstić information content (AvgIpc) is 3.02. The van der Waals surface area contributed by atoms with Crippen LogP contribution in [0.1, 0.15) is 11.3 Å². The van der Waals surface area contributed by atoms with Crippen LogP contribution in [0.4, 0.5) is 17.3 Å². The van der Waals surface area contributed by atoms with Gasteiger partial charge in [0.1, 0.15) is 18.2 Å². The number of anilines is 3. The van der Waals surface area contributed by atoms with Crippen LogP contribution < -0.4 is 15.0 Å². The maximum Gasteiger partial charge on any atom is 0.320 e. The molecule has 1 fully saturated rings. The van der Waals surface area contributed by atoms with Crippen molar-refractivity contribution in [3.05, 3.63) is 35.5 Å². The Morgan fingerprint density at radius 3 is 2.73 bits per heavy atom. The van der Waals surface area contributed by atoms with E-state index in [-0.39, 0.29) is 0 Å². The summed E-state index contributed by atoms with van der Waals surface area (Å²) in [6, 6.07) is 8.59. The molecule has 3 aromatic rings. The molecular formula is C22H30N6O2. The monoisotopic (exact) mass is 410 g/mol. The Hall–Kier alpha value is -2.84. The van der Waals surface area contributed by atoms with Crippen LogP contribution in [-0.4, -0.2) is 73.4 Å². The molecule has 30 heavy (non-hydrogen) atoms. The standard InChI is InChI=1S/C22H30N6O2/c1-15-16(2)23-19-6-5-17(13-18(15)19)24-20-14-21(27(3)4)26-22(25-20)30-12-9-28-7-10-29-11-8-28/h5-6,13-14,23H,7-12H2,1-4H3,(H,24,25,26). The summed E-state index contributed by atoms with van der Waals surface area (Å²) in [6.07, 6.45) is 0. The number of aromatic amines is 1. The molecule has 0 unspecified atom stereocenters. The molecule has 1 aliphatic rings. The van der Waals surface area contributed by atoms with E-state index in [1.165, 1.54) is 16.6 Å². The van der Waals surface area contributed by atoms with Crippen LogP contribution in [-0.2, 0) is 4.74 Å². The molecule has 0 bridgehead atoms. The van der Waals surface area contributed by atoms with Crippen molar-refractivity contribution in [1.29, 1.82) is 0 Å². The first kappa shape index (κ1) is 20.4. The van der Waals surface area contributed by atoms with Crippen LogP contribution in [0, 0.1) is 13.8 Å². The SMILES string of the molecule is Cc1[nH]c2ccc(Nc3cc(N(C)C)nc(OCCN4CCOCC4)n3)cc2c1C. The summed E-state index contributed by atoms with van der Waals surface area (Å²) >= 11 is 0. The summed E-state index contributed by atoms with van der Waals surface area (Å²) < 4.78 is 11.3. The lowest BCUT2D eigenvalue weighted by molar-refractivity contribution is 0.0317. The van der Waals surface area contributed by atoms with E-state index < -0.39 is 0 Å². The molecule has 4 rings (SSSR count). The minimum Gasteiger partial charge on any atom is -0.462 e. The highest BCUT2D eigenvalue weighted by Crippen LogP contribution is 2.27. The Labute approximate surface area is 177 Å². The number of benzene rings is 1. The molecule has 2 N–H and O–H groups in total. The Balaban J connectivity index is 1.49. The first-order chi connectivity index (χ1) is 14.5. The summed E-state index contributed by atoms with van der Waals surface area (Å²) in [5.74, 6) is 1.50. The van der Waals surface area contributed by atoms with Crippen LogP contribution in [0.5, 0.6) is 6.01 Å². The minimum absolute atomic E-state index is 0.381. The quantitative estimate of drug-likeness (QED) is 0.620. The molecule has 0 radical (unpaired) electrons. The first-order valence-electron chi connectivity index (χ1n) is 10.3. The maximum atomic E-state index is 5.89. The summed E-state index contributed by atoms with van der Waals surface area (Å²) in [5, 5.41) is 4.62. The largest absolute Gasteiger partial charge is 0.462 e. The van der Waals surface area contributed by atoms with E-state index in [1.54, 1.807) is 0 Å². The van der Waals surface area contributed by atoms with Gasteiger partial charge in [0.25, 0.3) is 0 Å². The second kappa shape index (κ2) is 8.89.